The van der Waals surface area contributed by atoms with Crippen molar-refractivity contribution in [1.82, 2.24) is 4.90 Å². The second kappa shape index (κ2) is 6.48. The molecule has 2 rings (SSSR count). The van der Waals surface area contributed by atoms with Crippen molar-refractivity contribution in [3.63, 3.8) is 0 Å². The summed E-state index contributed by atoms with van der Waals surface area (Å²) < 4.78 is 1.13. The molecule has 1 atom stereocenters. The molecule has 1 aromatic carbocycles. The minimum Gasteiger partial charge on any atom is -0.399 e. The zero-order valence-corrected chi connectivity index (χ0v) is 14.5. The Morgan fingerprint density at radius 1 is 1.25 bits per heavy atom. The van der Waals surface area contributed by atoms with E-state index < -0.39 is 0 Å². The molecule has 1 fully saturated rings. The second-order valence-corrected chi connectivity index (χ2v) is 7.98. The molecule has 1 saturated heterocycles. The molecule has 0 aliphatic carbocycles. The molecule has 0 amide bonds. The van der Waals surface area contributed by atoms with E-state index in [9.17, 15) is 0 Å². The van der Waals surface area contributed by atoms with E-state index in [2.05, 4.69) is 47.7 Å². The second-order valence-electron chi connectivity index (χ2n) is 7.12. The molecule has 2 N–H and O–H groups in total. The van der Waals surface area contributed by atoms with Gasteiger partial charge in [0.2, 0.25) is 0 Å². The lowest BCUT2D eigenvalue weighted by Crippen LogP contribution is -2.26. The van der Waals surface area contributed by atoms with Gasteiger partial charge >= 0.3 is 0 Å². The quantitative estimate of drug-likeness (QED) is 0.793. The Morgan fingerprint density at radius 3 is 2.65 bits per heavy atom. The summed E-state index contributed by atoms with van der Waals surface area (Å²) in [4.78, 5) is 2.59. The topological polar surface area (TPSA) is 29.3 Å². The number of hydrogen-bond donors (Lipinski definition) is 1. The van der Waals surface area contributed by atoms with Crippen LogP contribution in [0.1, 0.15) is 45.6 Å². The van der Waals surface area contributed by atoms with Gasteiger partial charge in [-0.1, -0.05) is 42.8 Å². The largest absolute Gasteiger partial charge is 0.399 e. The molecule has 3 heteroatoms. The van der Waals surface area contributed by atoms with E-state index in [1.165, 1.54) is 37.9 Å². The first-order valence-corrected chi connectivity index (χ1v) is 8.42. The molecule has 1 aliphatic heterocycles. The summed E-state index contributed by atoms with van der Waals surface area (Å²) in [5, 5.41) is 0. The molecular weight excluding hydrogens is 312 g/mol. The van der Waals surface area contributed by atoms with Gasteiger partial charge in [-0.3, -0.25) is 4.90 Å². The van der Waals surface area contributed by atoms with E-state index in [0.717, 1.165) is 22.6 Å². The van der Waals surface area contributed by atoms with Crippen molar-refractivity contribution in [3.05, 3.63) is 28.2 Å². The van der Waals surface area contributed by atoms with Gasteiger partial charge in [0.25, 0.3) is 0 Å². The molecule has 1 aliphatic rings. The minimum atomic E-state index is 0.442. The van der Waals surface area contributed by atoms with E-state index in [0.29, 0.717) is 5.41 Å². The van der Waals surface area contributed by atoms with Crippen LogP contribution in [-0.4, -0.2) is 18.0 Å². The Balaban J connectivity index is 1.97. The smallest absolute Gasteiger partial charge is 0.0325 e. The number of benzene rings is 1. The third-order valence-electron chi connectivity index (χ3n) is 4.52. The summed E-state index contributed by atoms with van der Waals surface area (Å²) in [5.74, 6) is 0.849. The summed E-state index contributed by atoms with van der Waals surface area (Å²) in [6.07, 6.45) is 3.99. The van der Waals surface area contributed by atoms with Crippen LogP contribution in [0.2, 0.25) is 0 Å². The van der Waals surface area contributed by atoms with E-state index in [4.69, 9.17) is 5.73 Å². The van der Waals surface area contributed by atoms with E-state index >= 15 is 0 Å². The molecule has 0 saturated carbocycles. The predicted octanol–water partition coefficient (Wildman–Crippen LogP) is 4.68. The van der Waals surface area contributed by atoms with Gasteiger partial charge < -0.3 is 5.73 Å². The number of anilines is 1. The number of halogens is 1. The number of nitrogen functional groups attached to an aromatic ring is 1. The standard InChI is InChI=1S/C17H27BrN2/c1-17(2,3)14-5-4-9-20(10-8-14)12-13-6-7-15(19)11-16(13)18/h6-7,11,14H,4-5,8-10,12,19H2,1-3H3. The average Bonchev–Trinajstić information content (AvgIpc) is 2.58. The zero-order chi connectivity index (χ0) is 14.8. The average molecular weight is 339 g/mol. The lowest BCUT2D eigenvalue weighted by atomic mass is 9.77. The Bertz CT molecular complexity index is 451. The highest BCUT2D eigenvalue weighted by atomic mass is 79.9. The summed E-state index contributed by atoms with van der Waals surface area (Å²) in [5.41, 5.74) is 8.41. The fourth-order valence-electron chi connectivity index (χ4n) is 3.11. The number of hydrogen-bond acceptors (Lipinski definition) is 2. The summed E-state index contributed by atoms with van der Waals surface area (Å²) >= 11 is 3.63. The molecule has 20 heavy (non-hydrogen) atoms. The van der Waals surface area contributed by atoms with Gasteiger partial charge in [-0.15, -0.1) is 0 Å². The van der Waals surface area contributed by atoms with E-state index in [1.807, 2.05) is 12.1 Å². The number of nitrogens with two attached hydrogens (primary N) is 1. The molecule has 2 nitrogen and oxygen atoms in total. The van der Waals surface area contributed by atoms with Crippen LogP contribution in [0.4, 0.5) is 5.69 Å². The SMILES string of the molecule is CC(C)(C)C1CCCN(Cc2ccc(N)cc2Br)CC1. The highest BCUT2D eigenvalue weighted by molar-refractivity contribution is 9.10. The van der Waals surface area contributed by atoms with Gasteiger partial charge in [0, 0.05) is 16.7 Å². The van der Waals surface area contributed by atoms with Crippen molar-refractivity contribution in [2.45, 2.75) is 46.6 Å². The fraction of sp³-hybridized carbons (Fsp3) is 0.647. The fourth-order valence-corrected chi connectivity index (χ4v) is 3.63. The molecule has 1 heterocycles. The lowest BCUT2D eigenvalue weighted by Gasteiger charge is -2.29. The Labute approximate surface area is 131 Å². The van der Waals surface area contributed by atoms with Crippen molar-refractivity contribution < 1.29 is 0 Å². The molecule has 1 aromatic rings. The summed E-state index contributed by atoms with van der Waals surface area (Å²) in [7, 11) is 0. The molecule has 0 spiro atoms. The minimum absolute atomic E-state index is 0.442. The highest BCUT2D eigenvalue weighted by Crippen LogP contribution is 2.34. The van der Waals surface area contributed by atoms with E-state index in [1.54, 1.807) is 0 Å². The molecule has 1 unspecified atom stereocenters. The van der Waals surface area contributed by atoms with Crippen LogP contribution in [0.15, 0.2) is 22.7 Å². The van der Waals surface area contributed by atoms with Gasteiger partial charge in [0.15, 0.2) is 0 Å². The normalized spacial score (nSPS) is 21.7. The first kappa shape index (κ1) is 15.8. The van der Waals surface area contributed by atoms with Crippen LogP contribution in [-0.2, 0) is 6.54 Å². The van der Waals surface area contributed by atoms with Crippen LogP contribution in [0, 0.1) is 11.3 Å². The molecular formula is C17H27BrN2. The molecule has 0 radical (unpaired) electrons. The third kappa shape index (κ3) is 4.23. The molecule has 0 aromatic heterocycles. The summed E-state index contributed by atoms with van der Waals surface area (Å²) in [6.45, 7) is 10.6. The Hall–Kier alpha value is -0.540. The van der Waals surface area contributed by atoms with Gasteiger partial charge in [-0.25, -0.2) is 0 Å². The number of rotatable bonds is 2. The van der Waals surface area contributed by atoms with Crippen molar-refractivity contribution >= 4 is 21.6 Å². The van der Waals surface area contributed by atoms with Gasteiger partial charge in [0.1, 0.15) is 0 Å². The predicted molar refractivity (Wildman–Crippen MR) is 90.6 cm³/mol. The van der Waals surface area contributed by atoms with Crippen molar-refractivity contribution in [2.24, 2.45) is 11.3 Å². The maximum atomic E-state index is 5.81. The molecule has 0 bridgehead atoms. The third-order valence-corrected chi connectivity index (χ3v) is 5.25. The zero-order valence-electron chi connectivity index (χ0n) is 13.0. The lowest BCUT2D eigenvalue weighted by molar-refractivity contribution is 0.206. The maximum absolute atomic E-state index is 5.81. The first-order valence-electron chi connectivity index (χ1n) is 7.62. The Kier molecular flexibility index (Phi) is 5.14. The van der Waals surface area contributed by atoms with E-state index in [-0.39, 0.29) is 0 Å². The van der Waals surface area contributed by atoms with Crippen LogP contribution >= 0.6 is 15.9 Å². The number of likely N-dealkylation sites (tertiary alicyclic amines) is 1. The number of nitrogens with zero attached hydrogens (tertiary/aromatic N) is 1. The van der Waals surface area contributed by atoms with Crippen LogP contribution in [0.25, 0.3) is 0 Å². The van der Waals surface area contributed by atoms with Gasteiger partial charge in [0.05, 0.1) is 0 Å². The Morgan fingerprint density at radius 2 is 2.00 bits per heavy atom. The summed E-state index contributed by atoms with van der Waals surface area (Å²) in [6, 6.07) is 6.15. The van der Waals surface area contributed by atoms with Crippen LogP contribution in [0.5, 0.6) is 0 Å². The highest BCUT2D eigenvalue weighted by Gasteiger charge is 2.27. The van der Waals surface area contributed by atoms with Gasteiger partial charge in [-0.05, 0) is 61.4 Å². The van der Waals surface area contributed by atoms with Crippen molar-refractivity contribution in [2.75, 3.05) is 18.8 Å². The molecule has 112 valence electrons. The maximum Gasteiger partial charge on any atom is 0.0325 e. The van der Waals surface area contributed by atoms with Crippen LogP contribution in [0.3, 0.4) is 0 Å². The monoisotopic (exact) mass is 338 g/mol. The van der Waals surface area contributed by atoms with Crippen LogP contribution < -0.4 is 5.73 Å². The first-order chi connectivity index (χ1) is 9.36. The van der Waals surface area contributed by atoms with Crippen molar-refractivity contribution in [1.29, 1.82) is 0 Å². The van der Waals surface area contributed by atoms with Gasteiger partial charge in [-0.2, -0.15) is 0 Å². The van der Waals surface area contributed by atoms with Crippen molar-refractivity contribution in [3.8, 4) is 0 Å².